The second-order valence-electron chi connectivity index (χ2n) is 4.32. The highest BCUT2D eigenvalue weighted by atomic mass is 15.2. The van der Waals surface area contributed by atoms with E-state index >= 15 is 0 Å². The van der Waals surface area contributed by atoms with Crippen molar-refractivity contribution < 1.29 is 0 Å². The predicted octanol–water partition coefficient (Wildman–Crippen LogP) is 0.622. The highest BCUT2D eigenvalue weighted by Crippen LogP contribution is 2.10. The van der Waals surface area contributed by atoms with E-state index in [2.05, 4.69) is 29.1 Å². The largest absolute Gasteiger partial charge is 0.318 e. The Labute approximate surface area is 88.5 Å². The lowest BCUT2D eigenvalue weighted by Gasteiger charge is -2.29. The minimum Gasteiger partial charge on any atom is -0.318 e. The molecule has 0 bridgehead atoms. The Hall–Kier alpha value is -0.120. The van der Waals surface area contributed by atoms with Crippen LogP contribution in [0, 0.1) is 0 Å². The first kappa shape index (κ1) is 12.0. The summed E-state index contributed by atoms with van der Waals surface area (Å²) in [7, 11) is 4.27. The minimum atomic E-state index is 0.760. The summed E-state index contributed by atoms with van der Waals surface area (Å²) in [5.41, 5.74) is 0. The summed E-state index contributed by atoms with van der Waals surface area (Å²) in [5, 5.41) is 3.24. The Morgan fingerprint density at radius 3 is 2.79 bits per heavy atom. The van der Waals surface area contributed by atoms with Crippen LogP contribution in [0.25, 0.3) is 0 Å². The van der Waals surface area contributed by atoms with Crippen molar-refractivity contribution in [3.05, 3.63) is 0 Å². The fourth-order valence-corrected chi connectivity index (χ4v) is 2.23. The molecule has 0 radical (unpaired) electrons. The SMILES string of the molecule is CCC1CN(C)CCCN1CCNC. The summed E-state index contributed by atoms with van der Waals surface area (Å²) < 4.78 is 0. The van der Waals surface area contributed by atoms with E-state index in [0.717, 1.165) is 12.6 Å². The van der Waals surface area contributed by atoms with Crippen LogP contribution >= 0.6 is 0 Å². The van der Waals surface area contributed by atoms with Crippen LogP contribution in [-0.2, 0) is 0 Å². The van der Waals surface area contributed by atoms with Crippen molar-refractivity contribution in [2.75, 3.05) is 46.8 Å². The van der Waals surface area contributed by atoms with Crippen LogP contribution in [0.2, 0.25) is 0 Å². The van der Waals surface area contributed by atoms with Gasteiger partial charge in [-0.1, -0.05) is 6.92 Å². The molecule has 3 heteroatoms. The molecule has 0 aromatic rings. The molecular weight excluding hydrogens is 174 g/mol. The third kappa shape index (κ3) is 3.56. The molecule has 0 spiro atoms. The maximum atomic E-state index is 3.24. The summed E-state index contributed by atoms with van der Waals surface area (Å²) in [6.07, 6.45) is 2.59. The van der Waals surface area contributed by atoms with Gasteiger partial charge in [0, 0.05) is 25.7 Å². The molecule has 1 unspecified atom stereocenters. The van der Waals surface area contributed by atoms with Crippen molar-refractivity contribution in [2.45, 2.75) is 25.8 Å². The number of nitrogens with one attached hydrogen (secondary N) is 1. The number of hydrogen-bond donors (Lipinski definition) is 1. The average molecular weight is 199 g/mol. The van der Waals surface area contributed by atoms with Gasteiger partial charge in [0.1, 0.15) is 0 Å². The second kappa shape index (κ2) is 6.38. The van der Waals surface area contributed by atoms with E-state index in [1.54, 1.807) is 0 Å². The van der Waals surface area contributed by atoms with E-state index in [1.165, 1.54) is 39.0 Å². The molecule has 1 aliphatic rings. The minimum absolute atomic E-state index is 0.760. The first-order valence-corrected chi connectivity index (χ1v) is 5.85. The molecule has 0 aromatic heterocycles. The number of nitrogens with zero attached hydrogens (tertiary/aromatic N) is 2. The molecule has 3 nitrogen and oxygen atoms in total. The third-order valence-corrected chi connectivity index (χ3v) is 3.14. The van der Waals surface area contributed by atoms with Crippen molar-refractivity contribution in [2.24, 2.45) is 0 Å². The monoisotopic (exact) mass is 199 g/mol. The summed E-state index contributed by atoms with van der Waals surface area (Å²) in [4.78, 5) is 5.10. The zero-order chi connectivity index (χ0) is 10.4. The Morgan fingerprint density at radius 1 is 1.36 bits per heavy atom. The lowest BCUT2D eigenvalue weighted by Crippen LogP contribution is -2.42. The van der Waals surface area contributed by atoms with Crippen LogP contribution in [0.5, 0.6) is 0 Å². The Morgan fingerprint density at radius 2 is 2.14 bits per heavy atom. The molecule has 1 atom stereocenters. The summed E-state index contributed by atoms with van der Waals surface area (Å²) in [5.74, 6) is 0. The average Bonchev–Trinajstić information content (AvgIpc) is 2.36. The van der Waals surface area contributed by atoms with E-state index in [9.17, 15) is 0 Å². The van der Waals surface area contributed by atoms with Gasteiger partial charge in [0.15, 0.2) is 0 Å². The van der Waals surface area contributed by atoms with Crippen molar-refractivity contribution in [3.63, 3.8) is 0 Å². The number of likely N-dealkylation sites (N-methyl/N-ethyl adjacent to an activating group) is 2. The second-order valence-corrected chi connectivity index (χ2v) is 4.32. The van der Waals surface area contributed by atoms with Crippen molar-refractivity contribution in [3.8, 4) is 0 Å². The first-order chi connectivity index (χ1) is 6.77. The topological polar surface area (TPSA) is 18.5 Å². The van der Waals surface area contributed by atoms with E-state index in [0.29, 0.717) is 0 Å². The van der Waals surface area contributed by atoms with Crippen molar-refractivity contribution in [1.82, 2.24) is 15.1 Å². The Balaban J connectivity index is 2.43. The molecule has 1 fully saturated rings. The molecule has 1 heterocycles. The van der Waals surface area contributed by atoms with Gasteiger partial charge < -0.3 is 10.2 Å². The highest BCUT2D eigenvalue weighted by Gasteiger charge is 2.20. The number of rotatable bonds is 4. The zero-order valence-corrected chi connectivity index (χ0v) is 9.92. The van der Waals surface area contributed by atoms with Crippen LogP contribution in [0.1, 0.15) is 19.8 Å². The molecule has 1 aliphatic heterocycles. The van der Waals surface area contributed by atoms with Gasteiger partial charge in [0.05, 0.1) is 0 Å². The molecule has 84 valence electrons. The van der Waals surface area contributed by atoms with Crippen LogP contribution in [0.15, 0.2) is 0 Å². The van der Waals surface area contributed by atoms with Gasteiger partial charge in [0.25, 0.3) is 0 Å². The van der Waals surface area contributed by atoms with E-state index < -0.39 is 0 Å². The molecular formula is C11H25N3. The van der Waals surface area contributed by atoms with E-state index in [4.69, 9.17) is 0 Å². The molecule has 1 rings (SSSR count). The van der Waals surface area contributed by atoms with E-state index in [1.807, 2.05) is 7.05 Å². The molecule has 14 heavy (non-hydrogen) atoms. The molecule has 0 amide bonds. The molecule has 0 saturated carbocycles. The standard InChI is InChI=1S/C11H25N3/c1-4-11-10-13(3)7-5-8-14(11)9-6-12-2/h11-12H,4-10H2,1-3H3. The van der Waals surface area contributed by atoms with E-state index in [-0.39, 0.29) is 0 Å². The molecule has 0 aliphatic carbocycles. The zero-order valence-electron chi connectivity index (χ0n) is 9.92. The van der Waals surface area contributed by atoms with Gasteiger partial charge in [-0.25, -0.2) is 0 Å². The summed E-state index contributed by atoms with van der Waals surface area (Å²) in [6.45, 7) is 8.37. The maximum Gasteiger partial charge on any atom is 0.0220 e. The van der Waals surface area contributed by atoms with Crippen LogP contribution < -0.4 is 5.32 Å². The van der Waals surface area contributed by atoms with Crippen LogP contribution in [-0.4, -0.2) is 62.7 Å². The smallest absolute Gasteiger partial charge is 0.0220 e. The summed E-state index contributed by atoms with van der Waals surface area (Å²) in [6, 6.07) is 0.760. The van der Waals surface area contributed by atoms with Gasteiger partial charge in [-0.2, -0.15) is 0 Å². The first-order valence-electron chi connectivity index (χ1n) is 5.85. The molecule has 1 saturated heterocycles. The van der Waals surface area contributed by atoms with Crippen molar-refractivity contribution >= 4 is 0 Å². The van der Waals surface area contributed by atoms with Gasteiger partial charge in [-0.3, -0.25) is 4.90 Å². The predicted molar refractivity (Wildman–Crippen MR) is 61.7 cm³/mol. The molecule has 0 aromatic carbocycles. The summed E-state index contributed by atoms with van der Waals surface area (Å²) >= 11 is 0. The van der Waals surface area contributed by atoms with Crippen LogP contribution in [0.3, 0.4) is 0 Å². The highest BCUT2D eigenvalue weighted by molar-refractivity contribution is 4.77. The van der Waals surface area contributed by atoms with Gasteiger partial charge in [-0.15, -0.1) is 0 Å². The van der Waals surface area contributed by atoms with Crippen LogP contribution in [0.4, 0.5) is 0 Å². The lowest BCUT2D eigenvalue weighted by atomic mass is 10.2. The quantitative estimate of drug-likeness (QED) is 0.716. The third-order valence-electron chi connectivity index (χ3n) is 3.14. The Bertz CT molecular complexity index is 147. The fourth-order valence-electron chi connectivity index (χ4n) is 2.23. The van der Waals surface area contributed by atoms with Gasteiger partial charge >= 0.3 is 0 Å². The Kier molecular flexibility index (Phi) is 5.45. The van der Waals surface area contributed by atoms with Gasteiger partial charge in [-0.05, 0) is 40.0 Å². The fraction of sp³-hybridized carbons (Fsp3) is 1.00. The van der Waals surface area contributed by atoms with Gasteiger partial charge in [0.2, 0.25) is 0 Å². The normalized spacial score (nSPS) is 26.4. The number of hydrogen-bond acceptors (Lipinski definition) is 3. The maximum absolute atomic E-state index is 3.24. The molecule has 1 N–H and O–H groups in total. The lowest BCUT2D eigenvalue weighted by molar-refractivity contribution is 0.185. The van der Waals surface area contributed by atoms with Crippen molar-refractivity contribution in [1.29, 1.82) is 0 Å².